The quantitative estimate of drug-likeness (QED) is 0.772. The highest BCUT2D eigenvalue weighted by molar-refractivity contribution is 9.10. The Morgan fingerprint density at radius 2 is 2.13 bits per heavy atom. The molecule has 0 spiro atoms. The number of rotatable bonds is 1. The van der Waals surface area contributed by atoms with Gasteiger partial charge in [0.15, 0.2) is 0 Å². The zero-order valence-corrected chi connectivity index (χ0v) is 10.4. The molecule has 0 unspecified atom stereocenters. The fourth-order valence-corrected chi connectivity index (χ4v) is 2.27. The summed E-state index contributed by atoms with van der Waals surface area (Å²) < 4.78 is 0.981. The molecule has 0 aliphatic carbocycles. The number of anilines is 1. The maximum Gasteiger partial charge on any atom is 0.146 e. The van der Waals surface area contributed by atoms with Crippen LogP contribution in [0.15, 0.2) is 17.0 Å². The van der Waals surface area contributed by atoms with Gasteiger partial charge in [0.1, 0.15) is 12.1 Å². The van der Waals surface area contributed by atoms with Crippen molar-refractivity contribution in [2.75, 3.05) is 38.1 Å². The third kappa shape index (κ3) is 2.66. The third-order valence-electron chi connectivity index (χ3n) is 2.67. The van der Waals surface area contributed by atoms with Crippen LogP contribution in [0.25, 0.3) is 0 Å². The largest absolute Gasteiger partial charge is 0.354 e. The van der Waals surface area contributed by atoms with Gasteiger partial charge in [0.05, 0.1) is 4.47 Å². The molecule has 82 valence electrons. The molecule has 0 atom stereocenters. The van der Waals surface area contributed by atoms with Crippen LogP contribution in [0.5, 0.6) is 0 Å². The van der Waals surface area contributed by atoms with Crippen molar-refractivity contribution in [3.05, 3.63) is 17.0 Å². The van der Waals surface area contributed by atoms with E-state index in [9.17, 15) is 0 Å². The summed E-state index contributed by atoms with van der Waals surface area (Å²) in [6.45, 7) is 4.36. The molecule has 1 aliphatic heterocycles. The van der Waals surface area contributed by atoms with Gasteiger partial charge in [-0.1, -0.05) is 0 Å². The van der Waals surface area contributed by atoms with E-state index in [1.807, 2.05) is 0 Å². The van der Waals surface area contributed by atoms with E-state index in [1.165, 1.54) is 13.0 Å². The Hall–Kier alpha value is -0.680. The van der Waals surface area contributed by atoms with Gasteiger partial charge in [-0.3, -0.25) is 0 Å². The normalized spacial score (nSPS) is 18.9. The summed E-state index contributed by atoms with van der Waals surface area (Å²) >= 11 is 3.49. The predicted molar refractivity (Wildman–Crippen MR) is 64.1 cm³/mol. The van der Waals surface area contributed by atoms with Crippen molar-refractivity contribution in [3.8, 4) is 0 Å². The summed E-state index contributed by atoms with van der Waals surface area (Å²) in [6.07, 6.45) is 4.60. The molecule has 2 heterocycles. The second-order valence-electron chi connectivity index (χ2n) is 3.84. The van der Waals surface area contributed by atoms with Crippen LogP contribution in [0.4, 0.5) is 5.82 Å². The summed E-state index contributed by atoms with van der Waals surface area (Å²) in [6, 6.07) is 0. The van der Waals surface area contributed by atoms with Gasteiger partial charge in [0.2, 0.25) is 0 Å². The minimum atomic E-state index is 0.981. The first-order valence-corrected chi connectivity index (χ1v) is 5.95. The minimum Gasteiger partial charge on any atom is -0.354 e. The SMILES string of the molecule is CN1CCCN(c2ncncc2Br)CC1. The molecule has 0 bridgehead atoms. The number of hydrogen-bond acceptors (Lipinski definition) is 4. The van der Waals surface area contributed by atoms with E-state index < -0.39 is 0 Å². The maximum atomic E-state index is 4.32. The lowest BCUT2D eigenvalue weighted by molar-refractivity contribution is 0.360. The second kappa shape index (κ2) is 4.90. The molecule has 1 aliphatic rings. The predicted octanol–water partition coefficient (Wildman–Crippen LogP) is 1.38. The molecule has 1 saturated heterocycles. The lowest BCUT2D eigenvalue weighted by atomic mass is 10.4. The van der Waals surface area contributed by atoms with Gasteiger partial charge in [0.25, 0.3) is 0 Å². The van der Waals surface area contributed by atoms with Crippen molar-refractivity contribution in [1.29, 1.82) is 0 Å². The number of nitrogens with zero attached hydrogens (tertiary/aromatic N) is 4. The third-order valence-corrected chi connectivity index (χ3v) is 3.23. The zero-order chi connectivity index (χ0) is 10.7. The highest BCUT2D eigenvalue weighted by Gasteiger charge is 2.15. The summed E-state index contributed by atoms with van der Waals surface area (Å²) in [5.41, 5.74) is 0. The van der Waals surface area contributed by atoms with E-state index in [0.717, 1.165) is 29.9 Å². The highest BCUT2D eigenvalue weighted by atomic mass is 79.9. The van der Waals surface area contributed by atoms with Gasteiger partial charge in [-0.2, -0.15) is 0 Å². The van der Waals surface area contributed by atoms with Crippen LogP contribution in [-0.4, -0.2) is 48.1 Å². The number of hydrogen-bond donors (Lipinski definition) is 0. The van der Waals surface area contributed by atoms with E-state index in [0.29, 0.717) is 0 Å². The standard InChI is InChI=1S/C10H15BrN4/c1-14-3-2-4-15(6-5-14)10-9(11)7-12-8-13-10/h7-8H,2-6H2,1H3. The van der Waals surface area contributed by atoms with Crippen LogP contribution in [0.3, 0.4) is 0 Å². The molecule has 0 aromatic carbocycles. The molecule has 1 aromatic rings. The van der Waals surface area contributed by atoms with Gasteiger partial charge in [-0.15, -0.1) is 0 Å². The van der Waals surface area contributed by atoms with E-state index in [2.05, 4.69) is 42.7 Å². The van der Waals surface area contributed by atoms with E-state index in [4.69, 9.17) is 0 Å². The molecule has 15 heavy (non-hydrogen) atoms. The fourth-order valence-electron chi connectivity index (χ4n) is 1.80. The molecule has 2 rings (SSSR count). The van der Waals surface area contributed by atoms with Gasteiger partial charge in [-0.25, -0.2) is 9.97 Å². The first-order valence-electron chi connectivity index (χ1n) is 5.16. The van der Waals surface area contributed by atoms with Crippen molar-refractivity contribution in [2.24, 2.45) is 0 Å². The maximum absolute atomic E-state index is 4.32. The fraction of sp³-hybridized carbons (Fsp3) is 0.600. The molecular weight excluding hydrogens is 256 g/mol. The topological polar surface area (TPSA) is 32.3 Å². The monoisotopic (exact) mass is 270 g/mol. The van der Waals surface area contributed by atoms with Gasteiger partial charge in [0, 0.05) is 25.8 Å². The Bertz CT molecular complexity index is 331. The average molecular weight is 271 g/mol. The van der Waals surface area contributed by atoms with Crippen LogP contribution in [0.1, 0.15) is 6.42 Å². The molecule has 0 N–H and O–H groups in total. The first kappa shape index (κ1) is 10.8. The average Bonchev–Trinajstić information content (AvgIpc) is 2.44. The van der Waals surface area contributed by atoms with Crippen LogP contribution in [0, 0.1) is 0 Å². The van der Waals surface area contributed by atoms with E-state index in [1.54, 1.807) is 12.5 Å². The molecule has 0 saturated carbocycles. The van der Waals surface area contributed by atoms with Crippen LogP contribution in [0.2, 0.25) is 0 Å². The van der Waals surface area contributed by atoms with Gasteiger partial charge in [-0.05, 0) is 35.9 Å². The van der Waals surface area contributed by atoms with Crippen LogP contribution >= 0.6 is 15.9 Å². The van der Waals surface area contributed by atoms with Crippen molar-refractivity contribution in [3.63, 3.8) is 0 Å². The Morgan fingerprint density at radius 1 is 1.27 bits per heavy atom. The van der Waals surface area contributed by atoms with Gasteiger partial charge < -0.3 is 9.80 Å². The van der Waals surface area contributed by atoms with E-state index >= 15 is 0 Å². The van der Waals surface area contributed by atoms with E-state index in [-0.39, 0.29) is 0 Å². The van der Waals surface area contributed by atoms with Crippen molar-refractivity contribution in [1.82, 2.24) is 14.9 Å². The molecule has 0 radical (unpaired) electrons. The smallest absolute Gasteiger partial charge is 0.146 e. The van der Waals surface area contributed by atoms with Crippen molar-refractivity contribution < 1.29 is 0 Å². The van der Waals surface area contributed by atoms with Crippen LogP contribution < -0.4 is 4.90 Å². The summed E-state index contributed by atoms with van der Waals surface area (Å²) in [4.78, 5) is 13.0. The second-order valence-corrected chi connectivity index (χ2v) is 4.69. The Morgan fingerprint density at radius 3 is 2.93 bits per heavy atom. The van der Waals surface area contributed by atoms with Crippen LogP contribution in [-0.2, 0) is 0 Å². The zero-order valence-electron chi connectivity index (χ0n) is 8.86. The van der Waals surface area contributed by atoms with Gasteiger partial charge >= 0.3 is 0 Å². The molecule has 5 heteroatoms. The number of halogens is 1. The molecule has 1 aromatic heterocycles. The summed E-state index contributed by atoms with van der Waals surface area (Å²) in [5, 5.41) is 0. The Balaban J connectivity index is 2.13. The summed E-state index contributed by atoms with van der Waals surface area (Å²) in [5.74, 6) is 1.01. The van der Waals surface area contributed by atoms with Crippen molar-refractivity contribution >= 4 is 21.7 Å². The lowest BCUT2D eigenvalue weighted by Gasteiger charge is -2.22. The Kier molecular flexibility index (Phi) is 3.53. The lowest BCUT2D eigenvalue weighted by Crippen LogP contribution is -2.29. The highest BCUT2D eigenvalue weighted by Crippen LogP contribution is 2.22. The Labute approximate surface area is 98.4 Å². The minimum absolute atomic E-state index is 0.981. The molecular formula is C10H15BrN4. The molecule has 4 nitrogen and oxygen atoms in total. The number of aromatic nitrogens is 2. The first-order chi connectivity index (χ1) is 7.27. The van der Waals surface area contributed by atoms with Crippen molar-refractivity contribution in [2.45, 2.75) is 6.42 Å². The summed E-state index contributed by atoms with van der Waals surface area (Å²) in [7, 11) is 2.17. The molecule has 1 fully saturated rings. The molecule has 0 amide bonds. The number of likely N-dealkylation sites (N-methyl/N-ethyl adjacent to an activating group) is 1.